The van der Waals surface area contributed by atoms with Gasteiger partial charge in [-0.05, 0) is 29.8 Å². The first-order valence-electron chi connectivity index (χ1n) is 8.56. The van der Waals surface area contributed by atoms with Crippen molar-refractivity contribution in [1.82, 2.24) is 0 Å². The highest BCUT2D eigenvalue weighted by molar-refractivity contribution is 6.52. The van der Waals surface area contributed by atoms with Crippen molar-refractivity contribution in [3.05, 3.63) is 110 Å². The van der Waals surface area contributed by atoms with Gasteiger partial charge in [0.2, 0.25) is 5.69 Å². The second-order valence-corrected chi connectivity index (χ2v) is 6.27. The fourth-order valence-electron chi connectivity index (χ4n) is 3.17. The Bertz CT molecular complexity index is 1150. The highest BCUT2D eigenvalue weighted by Gasteiger charge is 2.38. The summed E-state index contributed by atoms with van der Waals surface area (Å²) in [7, 11) is 0. The molecule has 0 N–H and O–H groups in total. The predicted octanol–water partition coefficient (Wildman–Crippen LogP) is 4.59. The Labute approximate surface area is 160 Å². The number of Topliss-reactive ketones (excluding diaryl/α,β-unsaturated/α-hetero) is 1. The van der Waals surface area contributed by atoms with E-state index in [2.05, 4.69) is 0 Å². The van der Waals surface area contributed by atoms with Crippen LogP contribution >= 0.6 is 0 Å². The molecule has 3 aromatic rings. The molecule has 0 saturated heterocycles. The fourth-order valence-corrected chi connectivity index (χ4v) is 3.17. The van der Waals surface area contributed by atoms with Gasteiger partial charge in [0.15, 0.2) is 0 Å². The Morgan fingerprint density at radius 1 is 0.893 bits per heavy atom. The summed E-state index contributed by atoms with van der Waals surface area (Å²) in [4.78, 5) is 23.8. The standard InChI is InChI=1S/C22H14N2O4/c25-22-18-13-17(12-11-15-7-3-1-4-8-15)19(24(27)28)14-20(18)23(26)21(22)16-9-5-2-6-10-16/h1-14H. The molecule has 0 spiro atoms. The fraction of sp³-hybridized carbons (Fsp3) is 0. The summed E-state index contributed by atoms with van der Waals surface area (Å²) < 4.78 is 0.477. The molecule has 6 nitrogen and oxygen atoms in total. The summed E-state index contributed by atoms with van der Waals surface area (Å²) in [5.74, 6) is -0.444. The third-order valence-electron chi connectivity index (χ3n) is 4.53. The van der Waals surface area contributed by atoms with Gasteiger partial charge >= 0.3 is 0 Å². The van der Waals surface area contributed by atoms with Crippen LogP contribution in [0.25, 0.3) is 12.2 Å². The molecule has 136 valence electrons. The molecule has 28 heavy (non-hydrogen) atoms. The van der Waals surface area contributed by atoms with E-state index in [1.807, 2.05) is 30.3 Å². The zero-order valence-corrected chi connectivity index (χ0v) is 14.6. The minimum Gasteiger partial charge on any atom is -0.618 e. The Hall–Kier alpha value is -4.06. The largest absolute Gasteiger partial charge is 0.618 e. The van der Waals surface area contributed by atoms with Crippen molar-refractivity contribution in [2.45, 2.75) is 0 Å². The molecule has 3 aromatic carbocycles. The number of hydrogen-bond acceptors (Lipinski definition) is 4. The van der Waals surface area contributed by atoms with E-state index in [9.17, 15) is 20.1 Å². The van der Waals surface area contributed by atoms with Crippen molar-refractivity contribution < 1.29 is 14.5 Å². The van der Waals surface area contributed by atoms with E-state index in [1.54, 1.807) is 42.5 Å². The van der Waals surface area contributed by atoms with Gasteiger partial charge < -0.3 is 5.21 Å². The molecule has 0 fully saturated rings. The zero-order valence-electron chi connectivity index (χ0n) is 14.6. The van der Waals surface area contributed by atoms with Gasteiger partial charge in [-0.25, -0.2) is 0 Å². The summed E-state index contributed by atoms with van der Waals surface area (Å²) in [5, 5.41) is 24.2. The van der Waals surface area contributed by atoms with Gasteiger partial charge in [-0.15, -0.1) is 0 Å². The number of fused-ring (bicyclic) bond motifs is 1. The predicted molar refractivity (Wildman–Crippen MR) is 107 cm³/mol. The number of nitro groups is 1. The first-order valence-corrected chi connectivity index (χ1v) is 8.56. The molecule has 0 bridgehead atoms. The summed E-state index contributed by atoms with van der Waals surface area (Å²) >= 11 is 0. The van der Waals surface area contributed by atoms with Gasteiger partial charge in [0.25, 0.3) is 17.2 Å². The Balaban J connectivity index is 1.82. The Morgan fingerprint density at radius 2 is 1.54 bits per heavy atom. The SMILES string of the molecule is O=C1C(c2ccccc2)=[N+]([O-])c2cc([N+](=O)[O-])c(C=Cc3ccccc3)cc21. The number of nitro benzene ring substituents is 1. The zero-order chi connectivity index (χ0) is 19.7. The van der Waals surface area contributed by atoms with Crippen LogP contribution in [-0.4, -0.2) is 21.2 Å². The lowest BCUT2D eigenvalue weighted by molar-refractivity contribution is -0.387. The highest BCUT2D eigenvalue weighted by atomic mass is 16.6. The maximum absolute atomic E-state index is 12.8. The number of carbonyl (C=O) groups excluding carboxylic acids is 1. The van der Waals surface area contributed by atoms with Gasteiger partial charge in [-0.2, -0.15) is 4.74 Å². The van der Waals surface area contributed by atoms with E-state index in [1.165, 1.54) is 12.1 Å². The molecule has 6 heteroatoms. The van der Waals surface area contributed by atoms with Gasteiger partial charge in [0.1, 0.15) is 5.56 Å². The first kappa shape index (κ1) is 17.4. The van der Waals surface area contributed by atoms with Crippen molar-refractivity contribution in [2.24, 2.45) is 0 Å². The van der Waals surface area contributed by atoms with Crippen LogP contribution in [0.3, 0.4) is 0 Å². The summed E-state index contributed by atoms with van der Waals surface area (Å²) in [6, 6.07) is 20.4. The van der Waals surface area contributed by atoms with Crippen molar-refractivity contribution in [1.29, 1.82) is 0 Å². The molecule has 1 heterocycles. The van der Waals surface area contributed by atoms with Gasteiger partial charge in [0, 0.05) is 0 Å². The average Bonchev–Trinajstić information content (AvgIpc) is 2.96. The highest BCUT2D eigenvalue weighted by Crippen LogP contribution is 2.35. The van der Waals surface area contributed by atoms with Crippen LogP contribution in [0.1, 0.15) is 27.0 Å². The normalized spacial score (nSPS) is 13.2. The maximum atomic E-state index is 12.8. The summed E-state index contributed by atoms with van der Waals surface area (Å²) in [5.41, 5.74) is 1.50. The molecular weight excluding hydrogens is 356 g/mol. The minimum atomic E-state index is -0.552. The average molecular weight is 370 g/mol. The van der Waals surface area contributed by atoms with Crippen LogP contribution in [0.2, 0.25) is 0 Å². The molecule has 0 atom stereocenters. The third-order valence-corrected chi connectivity index (χ3v) is 4.53. The van der Waals surface area contributed by atoms with E-state index >= 15 is 0 Å². The van der Waals surface area contributed by atoms with Crippen molar-refractivity contribution in [2.75, 3.05) is 0 Å². The van der Waals surface area contributed by atoms with Crippen LogP contribution in [0.15, 0.2) is 72.8 Å². The lowest BCUT2D eigenvalue weighted by Gasteiger charge is -2.03. The molecule has 4 rings (SSSR count). The second-order valence-electron chi connectivity index (χ2n) is 6.27. The van der Waals surface area contributed by atoms with E-state index in [0.717, 1.165) is 5.56 Å². The molecule has 0 saturated carbocycles. The molecule has 1 aliphatic rings. The lowest BCUT2D eigenvalue weighted by atomic mass is 10.00. The van der Waals surface area contributed by atoms with Crippen LogP contribution < -0.4 is 0 Å². The maximum Gasteiger partial charge on any atom is 0.283 e. The summed E-state index contributed by atoms with van der Waals surface area (Å²) in [6.07, 6.45) is 3.31. The molecule has 0 amide bonds. The van der Waals surface area contributed by atoms with Gasteiger partial charge in [0.05, 0.1) is 22.1 Å². The van der Waals surface area contributed by atoms with E-state index in [-0.39, 0.29) is 28.2 Å². The van der Waals surface area contributed by atoms with E-state index in [4.69, 9.17) is 0 Å². The van der Waals surface area contributed by atoms with Crippen molar-refractivity contribution >= 4 is 35.0 Å². The number of rotatable bonds is 4. The van der Waals surface area contributed by atoms with Crippen LogP contribution in [0, 0.1) is 15.3 Å². The molecule has 0 aliphatic carbocycles. The lowest BCUT2D eigenvalue weighted by Crippen LogP contribution is -2.16. The van der Waals surface area contributed by atoms with Gasteiger partial charge in [-0.3, -0.25) is 14.9 Å². The minimum absolute atomic E-state index is 0.00702. The summed E-state index contributed by atoms with van der Waals surface area (Å²) in [6.45, 7) is 0. The second kappa shape index (κ2) is 6.92. The van der Waals surface area contributed by atoms with Crippen molar-refractivity contribution in [3.8, 4) is 0 Å². The molecule has 1 aliphatic heterocycles. The number of ketones is 1. The Morgan fingerprint density at radius 3 is 2.18 bits per heavy atom. The molecular formula is C22H14N2O4. The molecule has 0 aromatic heterocycles. The van der Waals surface area contributed by atoms with Crippen LogP contribution in [0.4, 0.5) is 11.4 Å². The monoisotopic (exact) mass is 370 g/mol. The third kappa shape index (κ3) is 2.97. The first-order chi connectivity index (χ1) is 13.6. The number of carbonyl (C=O) groups is 1. The van der Waals surface area contributed by atoms with E-state index in [0.29, 0.717) is 10.3 Å². The van der Waals surface area contributed by atoms with Gasteiger partial charge in [-0.1, -0.05) is 54.6 Å². The van der Waals surface area contributed by atoms with Crippen LogP contribution in [-0.2, 0) is 0 Å². The topological polar surface area (TPSA) is 86.3 Å². The quantitative estimate of drug-likeness (QED) is 0.221. The molecule has 0 radical (unpaired) electrons. The number of hydrogen-bond donors (Lipinski definition) is 0. The smallest absolute Gasteiger partial charge is 0.283 e. The molecule has 0 unspecified atom stereocenters. The number of nitrogens with zero attached hydrogens (tertiary/aromatic N) is 2. The van der Waals surface area contributed by atoms with E-state index < -0.39 is 10.7 Å². The number of benzene rings is 3. The van der Waals surface area contributed by atoms with Crippen LogP contribution in [0.5, 0.6) is 0 Å². The Kier molecular flexibility index (Phi) is 4.29. The van der Waals surface area contributed by atoms with Crippen molar-refractivity contribution in [3.63, 3.8) is 0 Å².